The number of anilines is 1. The van der Waals surface area contributed by atoms with Crippen LogP contribution in [0, 0.1) is 6.92 Å². The minimum Gasteiger partial charge on any atom is -0.398 e. The van der Waals surface area contributed by atoms with Crippen LogP contribution in [0.15, 0.2) is 23.0 Å². The van der Waals surface area contributed by atoms with Crippen molar-refractivity contribution in [3.63, 3.8) is 0 Å². The molecule has 0 bridgehead atoms. The summed E-state index contributed by atoms with van der Waals surface area (Å²) in [6, 6.07) is 5.24. The van der Waals surface area contributed by atoms with Gasteiger partial charge in [-0.3, -0.25) is 19.7 Å². The number of nitrogens with zero attached hydrogens (tertiary/aromatic N) is 1. The van der Waals surface area contributed by atoms with Crippen LogP contribution in [-0.4, -0.2) is 21.8 Å². The number of hydrogen-bond acceptors (Lipinski definition) is 5. The van der Waals surface area contributed by atoms with Gasteiger partial charge in [-0.15, -0.1) is 0 Å². The van der Waals surface area contributed by atoms with Gasteiger partial charge in [-0.1, -0.05) is 13.5 Å². The number of imide groups is 1. The smallest absolute Gasteiger partial charge is 0.260 e. The molecule has 1 aliphatic rings. The molecule has 1 aromatic carbocycles. The van der Waals surface area contributed by atoms with Crippen molar-refractivity contribution in [3.05, 3.63) is 34.4 Å². The fourth-order valence-corrected chi connectivity index (χ4v) is 2.02. The molecule has 1 saturated heterocycles. The van der Waals surface area contributed by atoms with E-state index in [4.69, 9.17) is 5.73 Å². The molecule has 118 valence electrons. The van der Waals surface area contributed by atoms with Crippen LogP contribution < -0.4 is 16.6 Å². The second kappa shape index (κ2) is 7.35. The Hall–Kier alpha value is -2.70. The normalized spacial score (nSPS) is 13.7. The Bertz CT molecular complexity index is 738. The fraction of sp³-hybridized carbons (Fsp3) is 0.333. The standard InChI is InChI=1S/C9H9N3O.C5H7NO2.CH4/c1-5-11-7-4-2-3-6(10)8(7)9(13)12-5;7-4-2-1-3-5(8)6-4;/h2-4H,10H2,1H3,(H,11,12,13);1-3H2,(H,6,7,8);1H4. The molecule has 7 heteroatoms. The number of H-pyrrole nitrogens is 1. The third-order valence-electron chi connectivity index (χ3n) is 2.97. The van der Waals surface area contributed by atoms with Crippen molar-refractivity contribution >= 4 is 28.4 Å². The summed E-state index contributed by atoms with van der Waals surface area (Å²) >= 11 is 0. The Balaban J connectivity index is 0.000000234. The zero-order chi connectivity index (χ0) is 15.4. The van der Waals surface area contributed by atoms with Gasteiger partial charge in [0.25, 0.3) is 5.56 Å². The summed E-state index contributed by atoms with van der Waals surface area (Å²) in [5.74, 6) is 0.325. The molecule has 3 rings (SSSR count). The van der Waals surface area contributed by atoms with Crippen LogP contribution in [0.2, 0.25) is 0 Å². The van der Waals surface area contributed by atoms with Crippen molar-refractivity contribution < 1.29 is 9.59 Å². The molecule has 2 aromatic rings. The monoisotopic (exact) mass is 304 g/mol. The van der Waals surface area contributed by atoms with E-state index in [9.17, 15) is 14.4 Å². The Morgan fingerprint density at radius 1 is 1.14 bits per heavy atom. The van der Waals surface area contributed by atoms with Gasteiger partial charge < -0.3 is 10.7 Å². The summed E-state index contributed by atoms with van der Waals surface area (Å²) in [4.78, 5) is 38.9. The molecule has 7 nitrogen and oxygen atoms in total. The van der Waals surface area contributed by atoms with E-state index < -0.39 is 0 Å². The second-order valence-corrected chi connectivity index (χ2v) is 4.72. The van der Waals surface area contributed by atoms with E-state index in [1.807, 2.05) is 0 Å². The molecule has 0 aliphatic carbocycles. The minimum atomic E-state index is -0.180. The van der Waals surface area contributed by atoms with Crippen LogP contribution >= 0.6 is 0 Å². The number of fused-ring (bicyclic) bond motifs is 1. The number of hydrogen-bond donors (Lipinski definition) is 3. The maximum absolute atomic E-state index is 11.4. The predicted molar refractivity (Wildman–Crippen MR) is 85.2 cm³/mol. The van der Waals surface area contributed by atoms with Gasteiger partial charge in [0.05, 0.1) is 10.9 Å². The van der Waals surface area contributed by atoms with E-state index in [2.05, 4.69) is 15.3 Å². The zero-order valence-electron chi connectivity index (χ0n) is 11.6. The summed E-state index contributed by atoms with van der Waals surface area (Å²) < 4.78 is 0. The Morgan fingerprint density at radius 2 is 1.77 bits per heavy atom. The number of carbonyl (C=O) groups excluding carboxylic acids is 2. The number of aryl methyl sites for hydroxylation is 1. The van der Waals surface area contributed by atoms with E-state index in [0.29, 0.717) is 41.7 Å². The highest BCUT2D eigenvalue weighted by atomic mass is 16.2. The van der Waals surface area contributed by atoms with Crippen LogP contribution in [0.1, 0.15) is 32.5 Å². The molecule has 1 aromatic heterocycles. The van der Waals surface area contributed by atoms with Crippen molar-refractivity contribution in [2.75, 3.05) is 5.73 Å². The van der Waals surface area contributed by atoms with Crippen LogP contribution in [0.5, 0.6) is 0 Å². The van der Waals surface area contributed by atoms with Crippen molar-refractivity contribution in [2.45, 2.75) is 33.6 Å². The summed E-state index contributed by atoms with van der Waals surface area (Å²) in [6.07, 6.45) is 1.72. The van der Waals surface area contributed by atoms with E-state index in [1.54, 1.807) is 25.1 Å². The maximum Gasteiger partial charge on any atom is 0.260 e. The van der Waals surface area contributed by atoms with Gasteiger partial charge in [0.15, 0.2) is 0 Å². The summed E-state index contributed by atoms with van der Waals surface area (Å²) in [5, 5.41) is 2.67. The maximum atomic E-state index is 11.4. The molecule has 22 heavy (non-hydrogen) atoms. The second-order valence-electron chi connectivity index (χ2n) is 4.72. The van der Waals surface area contributed by atoms with Gasteiger partial charge in [0, 0.05) is 18.5 Å². The molecule has 0 saturated carbocycles. The molecule has 2 amide bonds. The van der Waals surface area contributed by atoms with Crippen LogP contribution in [0.25, 0.3) is 10.9 Å². The number of carbonyl (C=O) groups is 2. The molecule has 0 unspecified atom stereocenters. The fourth-order valence-electron chi connectivity index (χ4n) is 2.02. The van der Waals surface area contributed by atoms with E-state index in [0.717, 1.165) is 0 Å². The highest BCUT2D eigenvalue weighted by molar-refractivity contribution is 5.97. The van der Waals surface area contributed by atoms with Crippen LogP contribution in [0.4, 0.5) is 5.69 Å². The van der Waals surface area contributed by atoms with Gasteiger partial charge in [-0.25, -0.2) is 4.98 Å². The Morgan fingerprint density at radius 3 is 2.32 bits per heavy atom. The first-order valence-corrected chi connectivity index (χ1v) is 6.55. The lowest BCUT2D eigenvalue weighted by molar-refractivity contribution is -0.132. The van der Waals surface area contributed by atoms with Crippen molar-refractivity contribution in [1.82, 2.24) is 15.3 Å². The summed E-state index contributed by atoms with van der Waals surface area (Å²) in [6.45, 7) is 1.74. The largest absolute Gasteiger partial charge is 0.398 e. The Kier molecular flexibility index (Phi) is 5.80. The molecule has 1 aliphatic heterocycles. The topological polar surface area (TPSA) is 118 Å². The molecule has 0 atom stereocenters. The number of benzene rings is 1. The molecule has 0 spiro atoms. The molecular formula is C15H20N4O3. The molecular weight excluding hydrogens is 284 g/mol. The van der Waals surface area contributed by atoms with Gasteiger partial charge in [-0.05, 0) is 25.5 Å². The number of nitrogens with two attached hydrogens (primary N) is 1. The van der Waals surface area contributed by atoms with E-state index >= 15 is 0 Å². The number of rotatable bonds is 0. The number of nitrogen functional groups attached to an aromatic ring is 1. The SMILES string of the molecule is C.Cc1nc2cccc(N)c2c(=O)[nH]1.O=C1CCCC(=O)N1. The molecule has 1 fully saturated rings. The van der Waals surface area contributed by atoms with Gasteiger partial charge in [-0.2, -0.15) is 0 Å². The van der Waals surface area contributed by atoms with Crippen LogP contribution in [0.3, 0.4) is 0 Å². The first-order valence-electron chi connectivity index (χ1n) is 6.55. The lowest BCUT2D eigenvalue weighted by Gasteiger charge is -2.07. The molecule has 2 heterocycles. The number of amides is 2. The average Bonchev–Trinajstić information content (AvgIpc) is 2.38. The van der Waals surface area contributed by atoms with Crippen LogP contribution in [-0.2, 0) is 9.59 Å². The quantitative estimate of drug-likeness (QED) is 0.500. The lowest BCUT2D eigenvalue weighted by Crippen LogP contribution is -2.33. The third-order valence-corrected chi connectivity index (χ3v) is 2.97. The van der Waals surface area contributed by atoms with Crippen molar-refractivity contribution in [3.8, 4) is 0 Å². The van der Waals surface area contributed by atoms with Gasteiger partial charge in [0.1, 0.15) is 5.82 Å². The van der Waals surface area contributed by atoms with Crippen molar-refractivity contribution in [2.24, 2.45) is 0 Å². The van der Waals surface area contributed by atoms with Crippen molar-refractivity contribution in [1.29, 1.82) is 0 Å². The first-order chi connectivity index (χ1) is 9.97. The third kappa shape index (κ3) is 4.15. The zero-order valence-corrected chi connectivity index (χ0v) is 11.6. The summed E-state index contributed by atoms with van der Waals surface area (Å²) in [5.41, 5.74) is 6.57. The van der Waals surface area contributed by atoms with E-state index in [-0.39, 0.29) is 24.8 Å². The van der Waals surface area contributed by atoms with E-state index in [1.165, 1.54) is 0 Å². The first kappa shape index (κ1) is 17.4. The minimum absolute atomic E-state index is 0. The van der Waals surface area contributed by atoms with Gasteiger partial charge >= 0.3 is 0 Å². The highest BCUT2D eigenvalue weighted by Gasteiger charge is 2.13. The number of nitrogens with one attached hydrogen (secondary N) is 2. The number of piperidine rings is 1. The number of aromatic nitrogens is 2. The number of aromatic amines is 1. The van der Waals surface area contributed by atoms with Gasteiger partial charge in [0.2, 0.25) is 11.8 Å². The predicted octanol–water partition coefficient (Wildman–Crippen LogP) is 1.26. The Labute approximate surface area is 127 Å². The summed E-state index contributed by atoms with van der Waals surface area (Å²) in [7, 11) is 0. The lowest BCUT2D eigenvalue weighted by atomic mass is 10.1. The highest BCUT2D eigenvalue weighted by Crippen LogP contribution is 2.13. The average molecular weight is 304 g/mol. The molecule has 0 radical (unpaired) electrons. The molecule has 4 N–H and O–H groups in total.